The largest absolute Gasteiger partial charge is 0.493 e. The van der Waals surface area contributed by atoms with Gasteiger partial charge in [-0.05, 0) is 30.2 Å². The van der Waals surface area contributed by atoms with Gasteiger partial charge in [0.1, 0.15) is 6.61 Å². The molecule has 0 bridgehead atoms. The Hall–Kier alpha value is -3.23. The summed E-state index contributed by atoms with van der Waals surface area (Å²) < 4.78 is 11.0. The van der Waals surface area contributed by atoms with Crippen molar-refractivity contribution in [2.24, 2.45) is 0 Å². The highest BCUT2D eigenvalue weighted by Gasteiger charge is 2.31. The molecule has 0 radical (unpaired) electrons. The van der Waals surface area contributed by atoms with E-state index in [9.17, 15) is 4.79 Å². The lowest BCUT2D eigenvalue weighted by molar-refractivity contribution is -0.116. The predicted octanol–water partition coefficient (Wildman–Crippen LogP) is 5.22. The van der Waals surface area contributed by atoms with Crippen LogP contribution in [0, 0.1) is 19.3 Å². The number of benzene rings is 2. The van der Waals surface area contributed by atoms with Crippen molar-refractivity contribution in [1.82, 2.24) is 0 Å². The van der Waals surface area contributed by atoms with E-state index in [1.54, 1.807) is 18.4 Å². The Kier molecular flexibility index (Phi) is 5.28. The Morgan fingerprint density at radius 2 is 2.00 bits per heavy atom. The molecule has 1 aliphatic rings. The van der Waals surface area contributed by atoms with Crippen LogP contribution >= 0.6 is 11.3 Å². The zero-order valence-corrected chi connectivity index (χ0v) is 17.1. The van der Waals surface area contributed by atoms with Crippen molar-refractivity contribution in [1.29, 1.82) is 0 Å². The number of nitrogens with one attached hydrogen (secondary N) is 1. The minimum absolute atomic E-state index is 0.0147. The summed E-state index contributed by atoms with van der Waals surface area (Å²) >= 11 is 1.67. The summed E-state index contributed by atoms with van der Waals surface area (Å²) in [6, 6.07) is 14.1. The van der Waals surface area contributed by atoms with E-state index in [0.717, 1.165) is 27.3 Å². The molecule has 0 saturated carbocycles. The first-order valence-electron chi connectivity index (χ1n) is 9.33. The number of methoxy groups -OCH3 is 1. The fourth-order valence-electron chi connectivity index (χ4n) is 3.58. The molecule has 1 aliphatic heterocycles. The standard InChI is InChI=1S/C24H21NO3S/c1-4-11-28-20-10-9-17(12-21(20)27-3)18-13-22(26)25-23-19(14-29-24(18)23)16-7-5-15(2)6-8-16/h1,5-10,12,14,18H,11,13H2,2-3H3,(H,25,26)/t18-/m1/s1. The molecule has 29 heavy (non-hydrogen) atoms. The lowest BCUT2D eigenvalue weighted by Gasteiger charge is -2.24. The van der Waals surface area contributed by atoms with Gasteiger partial charge in [-0.2, -0.15) is 0 Å². The quantitative estimate of drug-likeness (QED) is 0.594. The van der Waals surface area contributed by atoms with Gasteiger partial charge in [0, 0.05) is 28.2 Å². The molecule has 2 heterocycles. The zero-order chi connectivity index (χ0) is 20.4. The second-order valence-electron chi connectivity index (χ2n) is 6.96. The third-order valence-electron chi connectivity index (χ3n) is 5.05. The Morgan fingerprint density at radius 3 is 2.72 bits per heavy atom. The maximum absolute atomic E-state index is 12.5. The topological polar surface area (TPSA) is 47.6 Å². The first-order valence-corrected chi connectivity index (χ1v) is 10.2. The lowest BCUT2D eigenvalue weighted by atomic mass is 9.89. The average molecular weight is 404 g/mol. The normalized spacial score (nSPS) is 15.2. The van der Waals surface area contributed by atoms with Gasteiger partial charge in [0.15, 0.2) is 11.5 Å². The molecule has 0 aliphatic carbocycles. The fraction of sp³-hybridized carbons (Fsp3) is 0.208. The van der Waals surface area contributed by atoms with Crippen LogP contribution in [0.5, 0.6) is 11.5 Å². The Morgan fingerprint density at radius 1 is 1.21 bits per heavy atom. The van der Waals surface area contributed by atoms with Crippen molar-refractivity contribution in [2.75, 3.05) is 19.0 Å². The predicted molar refractivity (Wildman–Crippen MR) is 117 cm³/mol. The molecule has 2 aromatic carbocycles. The molecular formula is C24H21NO3S. The fourth-order valence-corrected chi connectivity index (χ4v) is 4.74. The number of fused-ring (bicyclic) bond motifs is 1. The lowest BCUT2D eigenvalue weighted by Crippen LogP contribution is -2.22. The van der Waals surface area contributed by atoms with Gasteiger partial charge in [0.05, 0.1) is 12.8 Å². The number of hydrogen-bond donors (Lipinski definition) is 1. The molecule has 5 heteroatoms. The number of anilines is 1. The Labute approximate surface area is 174 Å². The van der Waals surface area contributed by atoms with E-state index in [4.69, 9.17) is 15.9 Å². The van der Waals surface area contributed by atoms with E-state index < -0.39 is 0 Å². The first kappa shape index (κ1) is 19.1. The summed E-state index contributed by atoms with van der Waals surface area (Å²) in [6.07, 6.45) is 5.68. The number of carbonyl (C=O) groups is 1. The molecule has 4 nitrogen and oxygen atoms in total. The number of hydrogen-bond acceptors (Lipinski definition) is 4. The molecule has 146 valence electrons. The van der Waals surface area contributed by atoms with Crippen molar-refractivity contribution in [3.63, 3.8) is 0 Å². The van der Waals surface area contributed by atoms with Gasteiger partial charge in [-0.1, -0.05) is 41.8 Å². The number of aryl methyl sites for hydroxylation is 1. The minimum atomic E-state index is -0.0291. The van der Waals surface area contributed by atoms with Gasteiger partial charge in [-0.15, -0.1) is 17.8 Å². The molecule has 4 rings (SSSR count). The van der Waals surface area contributed by atoms with Crippen LogP contribution < -0.4 is 14.8 Å². The Balaban J connectivity index is 1.73. The molecule has 1 amide bonds. The van der Waals surface area contributed by atoms with Crippen LogP contribution in [0.15, 0.2) is 47.8 Å². The minimum Gasteiger partial charge on any atom is -0.493 e. The summed E-state index contributed by atoms with van der Waals surface area (Å²) in [5.74, 6) is 3.65. The summed E-state index contributed by atoms with van der Waals surface area (Å²) in [4.78, 5) is 13.7. The summed E-state index contributed by atoms with van der Waals surface area (Å²) in [7, 11) is 1.60. The van der Waals surface area contributed by atoms with Gasteiger partial charge < -0.3 is 14.8 Å². The Bertz CT molecular complexity index is 1090. The van der Waals surface area contributed by atoms with Gasteiger partial charge in [-0.3, -0.25) is 4.79 Å². The zero-order valence-electron chi connectivity index (χ0n) is 16.3. The van der Waals surface area contributed by atoms with E-state index >= 15 is 0 Å². The van der Waals surface area contributed by atoms with Crippen LogP contribution in [-0.4, -0.2) is 19.6 Å². The molecule has 1 atom stereocenters. The molecule has 3 aromatic rings. The van der Waals surface area contributed by atoms with Crippen molar-refractivity contribution in [2.45, 2.75) is 19.3 Å². The number of ether oxygens (including phenoxy) is 2. The number of rotatable bonds is 5. The van der Waals surface area contributed by atoms with Crippen LogP contribution in [0.25, 0.3) is 11.1 Å². The summed E-state index contributed by atoms with van der Waals surface area (Å²) in [5, 5.41) is 5.20. The maximum Gasteiger partial charge on any atom is 0.225 e. The van der Waals surface area contributed by atoms with Gasteiger partial charge in [0.2, 0.25) is 5.91 Å². The molecule has 1 aromatic heterocycles. The number of amides is 1. The van der Waals surface area contributed by atoms with Crippen LogP contribution in [0.2, 0.25) is 0 Å². The average Bonchev–Trinajstić information content (AvgIpc) is 3.15. The second-order valence-corrected chi connectivity index (χ2v) is 7.87. The highest BCUT2D eigenvalue weighted by molar-refractivity contribution is 7.11. The van der Waals surface area contributed by atoms with Crippen LogP contribution in [0.4, 0.5) is 5.69 Å². The first-order chi connectivity index (χ1) is 14.1. The summed E-state index contributed by atoms with van der Waals surface area (Å²) in [6.45, 7) is 2.24. The van der Waals surface area contributed by atoms with Gasteiger partial charge in [0.25, 0.3) is 0 Å². The van der Waals surface area contributed by atoms with E-state index in [2.05, 4.69) is 47.8 Å². The van der Waals surface area contributed by atoms with Crippen molar-refractivity contribution in [3.05, 3.63) is 63.8 Å². The second kappa shape index (κ2) is 8.02. The van der Waals surface area contributed by atoms with E-state index in [0.29, 0.717) is 17.9 Å². The van der Waals surface area contributed by atoms with Gasteiger partial charge in [-0.25, -0.2) is 0 Å². The van der Waals surface area contributed by atoms with E-state index in [1.165, 1.54) is 5.56 Å². The molecule has 0 saturated heterocycles. The maximum atomic E-state index is 12.5. The number of terminal acetylenes is 1. The van der Waals surface area contributed by atoms with E-state index in [-0.39, 0.29) is 18.4 Å². The highest BCUT2D eigenvalue weighted by Crippen LogP contribution is 2.47. The van der Waals surface area contributed by atoms with Crippen LogP contribution in [0.1, 0.15) is 28.3 Å². The monoisotopic (exact) mass is 403 g/mol. The third kappa shape index (κ3) is 3.72. The third-order valence-corrected chi connectivity index (χ3v) is 6.15. The van der Waals surface area contributed by atoms with Crippen molar-refractivity contribution < 1.29 is 14.3 Å². The molecule has 0 spiro atoms. The van der Waals surface area contributed by atoms with Crippen LogP contribution in [0.3, 0.4) is 0 Å². The SMILES string of the molecule is C#CCOc1ccc([C@H]2CC(=O)Nc3c(-c4ccc(C)cc4)csc32)cc1OC. The van der Waals surface area contributed by atoms with E-state index in [1.807, 2.05) is 18.2 Å². The smallest absolute Gasteiger partial charge is 0.225 e. The van der Waals surface area contributed by atoms with Crippen molar-refractivity contribution in [3.8, 4) is 35.0 Å². The molecular weight excluding hydrogens is 382 g/mol. The number of thiophene rings is 1. The molecule has 0 fully saturated rings. The highest BCUT2D eigenvalue weighted by atomic mass is 32.1. The van der Waals surface area contributed by atoms with Gasteiger partial charge >= 0.3 is 0 Å². The van der Waals surface area contributed by atoms with Crippen LogP contribution in [-0.2, 0) is 4.79 Å². The number of carbonyl (C=O) groups excluding carboxylic acids is 1. The summed E-state index contributed by atoms with van der Waals surface area (Å²) in [5.41, 5.74) is 5.29. The molecule has 1 N–H and O–H groups in total. The molecule has 0 unspecified atom stereocenters. The van der Waals surface area contributed by atoms with Crippen molar-refractivity contribution >= 4 is 22.9 Å².